The number of unbranched alkanes of at least 4 members (excludes halogenated alkanes) is 1. The number of rotatable bonds is 4. The highest BCUT2D eigenvalue weighted by molar-refractivity contribution is 6.17. The van der Waals surface area contributed by atoms with Gasteiger partial charge in [0.15, 0.2) is 5.88 Å². The predicted molar refractivity (Wildman–Crippen MR) is 63.6 cm³/mol. The van der Waals surface area contributed by atoms with Gasteiger partial charge in [-0.15, -0.1) is 11.6 Å². The van der Waals surface area contributed by atoms with E-state index < -0.39 is 0 Å². The first-order chi connectivity index (χ1) is 7.33. The first kappa shape index (κ1) is 10.4. The van der Waals surface area contributed by atoms with Gasteiger partial charge in [0.05, 0.1) is 0 Å². The van der Waals surface area contributed by atoms with Crippen molar-refractivity contribution >= 4 is 22.5 Å². The molecule has 0 spiro atoms. The number of benzene rings is 1. The Morgan fingerprint density at radius 3 is 2.80 bits per heavy atom. The lowest BCUT2D eigenvalue weighted by atomic mass is 10.1. The third-order valence-corrected chi connectivity index (χ3v) is 2.87. The van der Waals surface area contributed by atoms with Crippen molar-refractivity contribution in [1.82, 2.24) is 4.98 Å². The van der Waals surface area contributed by atoms with E-state index in [1.54, 1.807) is 0 Å². The topological polar surface area (TPSA) is 36.0 Å². The molecule has 2 rings (SSSR count). The molecule has 0 saturated carbocycles. The number of hydrogen-bond acceptors (Lipinski definition) is 1. The molecule has 0 aliphatic carbocycles. The summed E-state index contributed by atoms with van der Waals surface area (Å²) >= 11 is 5.63. The van der Waals surface area contributed by atoms with Gasteiger partial charge < -0.3 is 10.1 Å². The number of aryl methyl sites for hydroxylation is 1. The number of nitrogens with one attached hydrogen (secondary N) is 1. The molecule has 2 N–H and O–H groups in total. The number of aromatic nitrogens is 1. The molecule has 0 atom stereocenters. The zero-order valence-corrected chi connectivity index (χ0v) is 9.22. The van der Waals surface area contributed by atoms with E-state index in [2.05, 4.69) is 4.98 Å². The van der Waals surface area contributed by atoms with Crippen LogP contribution in [-0.4, -0.2) is 16.0 Å². The molecule has 1 aromatic carbocycles. The van der Waals surface area contributed by atoms with E-state index in [4.69, 9.17) is 11.6 Å². The van der Waals surface area contributed by atoms with Crippen LogP contribution in [0.1, 0.15) is 18.4 Å². The molecule has 2 aromatic rings. The molecule has 0 bridgehead atoms. The summed E-state index contributed by atoms with van der Waals surface area (Å²) in [4.78, 5) is 2.98. The molecule has 0 aliphatic rings. The molecule has 2 nitrogen and oxygen atoms in total. The Bertz CT molecular complexity index is 450. The average molecular weight is 224 g/mol. The van der Waals surface area contributed by atoms with E-state index in [1.807, 2.05) is 24.3 Å². The Hall–Kier alpha value is -1.15. The summed E-state index contributed by atoms with van der Waals surface area (Å²) in [5.74, 6) is 0.981. The average Bonchev–Trinajstić information content (AvgIpc) is 2.56. The van der Waals surface area contributed by atoms with E-state index in [0.29, 0.717) is 11.8 Å². The lowest BCUT2D eigenvalue weighted by Gasteiger charge is -1.98. The summed E-state index contributed by atoms with van der Waals surface area (Å²) < 4.78 is 0. The SMILES string of the molecule is Oc1[nH]c2ccccc2c1CCCCCl. The van der Waals surface area contributed by atoms with Crippen LogP contribution in [0, 0.1) is 0 Å². The number of hydrogen-bond donors (Lipinski definition) is 2. The van der Waals surface area contributed by atoms with E-state index in [0.717, 1.165) is 35.7 Å². The van der Waals surface area contributed by atoms with Gasteiger partial charge in [-0.05, 0) is 25.3 Å². The predicted octanol–water partition coefficient (Wildman–Crippen LogP) is 3.44. The second kappa shape index (κ2) is 4.58. The van der Waals surface area contributed by atoms with Gasteiger partial charge in [0.1, 0.15) is 0 Å². The van der Waals surface area contributed by atoms with Crippen molar-refractivity contribution in [3.8, 4) is 5.88 Å². The summed E-state index contributed by atoms with van der Waals surface area (Å²) in [7, 11) is 0. The minimum absolute atomic E-state index is 0.297. The molecule has 0 unspecified atom stereocenters. The molecule has 0 amide bonds. The first-order valence-electron chi connectivity index (χ1n) is 5.17. The highest BCUT2D eigenvalue weighted by Crippen LogP contribution is 2.28. The van der Waals surface area contributed by atoms with Crippen molar-refractivity contribution in [1.29, 1.82) is 0 Å². The van der Waals surface area contributed by atoms with Gasteiger partial charge in [-0.2, -0.15) is 0 Å². The molecule has 3 heteroatoms. The fourth-order valence-corrected chi connectivity index (χ4v) is 2.02. The largest absolute Gasteiger partial charge is 0.494 e. The maximum Gasteiger partial charge on any atom is 0.192 e. The molecule has 0 saturated heterocycles. The van der Waals surface area contributed by atoms with Crippen LogP contribution < -0.4 is 0 Å². The molecule has 1 heterocycles. The smallest absolute Gasteiger partial charge is 0.192 e. The van der Waals surface area contributed by atoms with Crippen LogP contribution in [0.25, 0.3) is 10.9 Å². The Morgan fingerprint density at radius 2 is 2.00 bits per heavy atom. The summed E-state index contributed by atoms with van der Waals surface area (Å²) in [6.45, 7) is 0. The second-order valence-corrected chi connectivity index (χ2v) is 4.02. The van der Waals surface area contributed by atoms with Crippen LogP contribution in [0.15, 0.2) is 24.3 Å². The van der Waals surface area contributed by atoms with E-state index in [9.17, 15) is 5.11 Å². The fourth-order valence-electron chi connectivity index (χ4n) is 1.84. The lowest BCUT2D eigenvalue weighted by molar-refractivity contribution is 0.451. The van der Waals surface area contributed by atoms with Gasteiger partial charge >= 0.3 is 0 Å². The maximum atomic E-state index is 9.75. The van der Waals surface area contributed by atoms with Crippen LogP contribution in [0.5, 0.6) is 5.88 Å². The van der Waals surface area contributed by atoms with Gasteiger partial charge in [-0.3, -0.25) is 0 Å². The third-order valence-electron chi connectivity index (χ3n) is 2.60. The Morgan fingerprint density at radius 1 is 1.20 bits per heavy atom. The summed E-state index contributed by atoms with van der Waals surface area (Å²) in [5, 5.41) is 10.9. The number of alkyl halides is 1. The molecular formula is C12H14ClNO. The number of aromatic amines is 1. The normalized spacial score (nSPS) is 11.0. The number of para-hydroxylation sites is 1. The minimum Gasteiger partial charge on any atom is -0.494 e. The van der Waals surface area contributed by atoms with Crippen LogP contribution in [-0.2, 0) is 6.42 Å². The monoisotopic (exact) mass is 223 g/mol. The minimum atomic E-state index is 0.297. The maximum absolute atomic E-state index is 9.75. The number of fused-ring (bicyclic) bond motifs is 1. The number of halogens is 1. The van der Waals surface area contributed by atoms with Gasteiger partial charge in [0.25, 0.3) is 0 Å². The molecule has 1 aromatic heterocycles. The summed E-state index contributed by atoms with van der Waals surface area (Å²) in [5.41, 5.74) is 2.01. The van der Waals surface area contributed by atoms with Crippen LogP contribution in [0.2, 0.25) is 0 Å². The fraction of sp³-hybridized carbons (Fsp3) is 0.333. The van der Waals surface area contributed by atoms with Crippen LogP contribution >= 0.6 is 11.6 Å². The molecule has 0 aliphatic heterocycles. The van der Waals surface area contributed by atoms with Crippen molar-refractivity contribution in [2.45, 2.75) is 19.3 Å². The van der Waals surface area contributed by atoms with Gasteiger partial charge in [-0.1, -0.05) is 18.2 Å². The van der Waals surface area contributed by atoms with Crippen LogP contribution in [0.4, 0.5) is 0 Å². The zero-order chi connectivity index (χ0) is 10.7. The first-order valence-corrected chi connectivity index (χ1v) is 5.71. The van der Waals surface area contributed by atoms with Gasteiger partial charge in [0, 0.05) is 22.3 Å². The highest BCUT2D eigenvalue weighted by atomic mass is 35.5. The van der Waals surface area contributed by atoms with Crippen molar-refractivity contribution in [3.05, 3.63) is 29.8 Å². The van der Waals surface area contributed by atoms with Gasteiger partial charge in [-0.25, -0.2) is 0 Å². The van der Waals surface area contributed by atoms with Crippen molar-refractivity contribution in [2.24, 2.45) is 0 Å². The Labute approximate surface area is 93.9 Å². The number of H-pyrrole nitrogens is 1. The highest BCUT2D eigenvalue weighted by Gasteiger charge is 2.08. The van der Waals surface area contributed by atoms with Crippen molar-refractivity contribution < 1.29 is 5.11 Å². The molecule has 0 radical (unpaired) electrons. The van der Waals surface area contributed by atoms with Crippen molar-refractivity contribution in [2.75, 3.05) is 5.88 Å². The van der Waals surface area contributed by atoms with Gasteiger partial charge in [0.2, 0.25) is 0 Å². The lowest BCUT2D eigenvalue weighted by Crippen LogP contribution is -1.85. The number of aromatic hydroxyl groups is 1. The van der Waals surface area contributed by atoms with E-state index in [-0.39, 0.29) is 0 Å². The molecule has 0 fully saturated rings. The molecule has 15 heavy (non-hydrogen) atoms. The zero-order valence-electron chi connectivity index (χ0n) is 8.46. The third kappa shape index (κ3) is 2.10. The standard InChI is InChI=1S/C12H14ClNO/c13-8-4-3-6-10-9-5-1-2-7-11(9)14-12(10)15/h1-2,5,7,14-15H,3-4,6,8H2. The van der Waals surface area contributed by atoms with E-state index in [1.165, 1.54) is 0 Å². The quantitative estimate of drug-likeness (QED) is 0.605. The van der Waals surface area contributed by atoms with Crippen LogP contribution in [0.3, 0.4) is 0 Å². The second-order valence-electron chi connectivity index (χ2n) is 3.64. The molecule has 80 valence electrons. The van der Waals surface area contributed by atoms with E-state index >= 15 is 0 Å². The summed E-state index contributed by atoms with van der Waals surface area (Å²) in [6.07, 6.45) is 2.88. The summed E-state index contributed by atoms with van der Waals surface area (Å²) in [6, 6.07) is 7.95. The Kier molecular flexibility index (Phi) is 3.17. The Balaban J connectivity index is 2.28. The van der Waals surface area contributed by atoms with Crippen molar-refractivity contribution in [3.63, 3.8) is 0 Å². The molecular weight excluding hydrogens is 210 g/mol.